The lowest BCUT2D eigenvalue weighted by atomic mass is 9.92. The number of methoxy groups -OCH3 is 1. The van der Waals surface area contributed by atoms with Crippen molar-refractivity contribution < 1.29 is 9.53 Å². The summed E-state index contributed by atoms with van der Waals surface area (Å²) in [5.74, 6) is 0.961. The smallest absolute Gasteiger partial charge is 0.319 e. The molecule has 0 saturated heterocycles. The van der Waals surface area contributed by atoms with Crippen molar-refractivity contribution in [1.29, 1.82) is 0 Å². The van der Waals surface area contributed by atoms with E-state index in [2.05, 4.69) is 71.3 Å². The Morgan fingerprint density at radius 1 is 0.946 bits per heavy atom. The van der Waals surface area contributed by atoms with E-state index < -0.39 is 0 Å². The van der Waals surface area contributed by atoms with Crippen LogP contribution in [-0.4, -0.2) is 58.3 Å². The zero-order valence-corrected chi connectivity index (χ0v) is 23.2. The maximum absolute atomic E-state index is 12.7. The van der Waals surface area contributed by atoms with Gasteiger partial charge in [0.25, 0.3) is 0 Å². The standard InChI is InChI=1S/C29H36Cl2N4O2/c1-35(2)15-5-13-32-14-12-24(20-33-29(36)34-27-18-25(30)17-26(31)19-27)23-7-4-6-22(16-23)21-8-10-28(37-3)11-9-21/h4,6-11,16-19,24,32H,5,12-15,20H2,1-3H3,(H2,33,34,36). The van der Waals surface area contributed by atoms with Crippen molar-refractivity contribution in [3.05, 3.63) is 82.3 Å². The summed E-state index contributed by atoms with van der Waals surface area (Å²) in [5, 5.41) is 10.3. The molecule has 3 rings (SSSR count). The van der Waals surface area contributed by atoms with Gasteiger partial charge in [0.1, 0.15) is 5.75 Å². The maximum Gasteiger partial charge on any atom is 0.319 e. The summed E-state index contributed by atoms with van der Waals surface area (Å²) in [6.45, 7) is 3.36. The number of carbonyl (C=O) groups excluding carboxylic acids is 1. The first kappa shape index (κ1) is 28.8. The predicted octanol–water partition coefficient (Wildman–Crippen LogP) is 6.51. The monoisotopic (exact) mass is 542 g/mol. The Hall–Kier alpha value is -2.77. The zero-order valence-electron chi connectivity index (χ0n) is 21.7. The molecule has 0 aliphatic rings. The van der Waals surface area contributed by atoms with Gasteiger partial charge >= 0.3 is 6.03 Å². The Morgan fingerprint density at radius 2 is 1.68 bits per heavy atom. The van der Waals surface area contributed by atoms with Gasteiger partial charge in [-0.15, -0.1) is 0 Å². The number of carbonyl (C=O) groups is 1. The van der Waals surface area contributed by atoms with E-state index >= 15 is 0 Å². The molecule has 0 bridgehead atoms. The lowest BCUT2D eigenvalue weighted by molar-refractivity contribution is 0.251. The molecule has 6 nitrogen and oxygen atoms in total. The lowest BCUT2D eigenvalue weighted by Crippen LogP contribution is -2.33. The van der Waals surface area contributed by atoms with Crippen molar-refractivity contribution >= 4 is 34.9 Å². The Labute approximate surface area is 230 Å². The normalized spacial score (nSPS) is 11.8. The molecule has 37 heavy (non-hydrogen) atoms. The molecule has 0 radical (unpaired) electrons. The minimum Gasteiger partial charge on any atom is -0.497 e. The number of hydrogen-bond donors (Lipinski definition) is 3. The number of anilines is 1. The van der Waals surface area contributed by atoms with Crippen molar-refractivity contribution in [2.24, 2.45) is 0 Å². The second kappa shape index (κ2) is 14.8. The van der Waals surface area contributed by atoms with Gasteiger partial charge in [-0.05, 0) is 93.6 Å². The molecular formula is C29H36Cl2N4O2. The number of rotatable bonds is 13. The fourth-order valence-electron chi connectivity index (χ4n) is 4.08. The lowest BCUT2D eigenvalue weighted by Gasteiger charge is -2.20. The van der Waals surface area contributed by atoms with E-state index in [-0.39, 0.29) is 11.9 Å². The van der Waals surface area contributed by atoms with Crippen LogP contribution >= 0.6 is 23.2 Å². The Bertz CT molecular complexity index is 1120. The van der Waals surface area contributed by atoms with Gasteiger partial charge in [0, 0.05) is 28.2 Å². The van der Waals surface area contributed by atoms with Crippen molar-refractivity contribution in [3.8, 4) is 16.9 Å². The number of hydrogen-bond acceptors (Lipinski definition) is 4. The highest BCUT2D eigenvalue weighted by atomic mass is 35.5. The Balaban J connectivity index is 1.67. The van der Waals surface area contributed by atoms with Crippen LogP contribution in [0.3, 0.4) is 0 Å². The molecule has 2 amide bonds. The number of urea groups is 1. The number of nitrogens with one attached hydrogen (secondary N) is 3. The highest BCUT2D eigenvalue weighted by Crippen LogP contribution is 2.27. The van der Waals surface area contributed by atoms with Crippen molar-refractivity contribution in [3.63, 3.8) is 0 Å². The average Bonchev–Trinajstić information content (AvgIpc) is 2.87. The summed E-state index contributed by atoms with van der Waals surface area (Å²) < 4.78 is 5.29. The summed E-state index contributed by atoms with van der Waals surface area (Å²) in [6, 6.07) is 21.2. The van der Waals surface area contributed by atoms with E-state index in [4.69, 9.17) is 27.9 Å². The van der Waals surface area contributed by atoms with Crippen LogP contribution in [0.4, 0.5) is 10.5 Å². The molecule has 8 heteroatoms. The van der Waals surface area contributed by atoms with E-state index in [1.54, 1.807) is 25.3 Å². The van der Waals surface area contributed by atoms with Crippen LogP contribution in [0.5, 0.6) is 5.75 Å². The SMILES string of the molecule is COc1ccc(-c2cccc(C(CCNCCCN(C)C)CNC(=O)Nc3cc(Cl)cc(Cl)c3)c2)cc1. The van der Waals surface area contributed by atoms with Crippen LogP contribution in [0.1, 0.15) is 24.3 Å². The summed E-state index contributed by atoms with van der Waals surface area (Å²) in [6.07, 6.45) is 1.98. The third-order valence-electron chi connectivity index (χ3n) is 6.04. The molecule has 198 valence electrons. The molecule has 0 fully saturated rings. The van der Waals surface area contributed by atoms with Gasteiger partial charge in [-0.1, -0.05) is 59.6 Å². The third kappa shape index (κ3) is 9.90. The van der Waals surface area contributed by atoms with E-state index in [9.17, 15) is 4.79 Å². The first-order chi connectivity index (χ1) is 17.8. The van der Waals surface area contributed by atoms with E-state index in [1.165, 1.54) is 5.56 Å². The quantitative estimate of drug-likeness (QED) is 0.215. The molecule has 3 N–H and O–H groups in total. The molecule has 0 aliphatic heterocycles. The number of ether oxygens (including phenoxy) is 1. The van der Waals surface area contributed by atoms with Gasteiger partial charge in [-0.2, -0.15) is 0 Å². The van der Waals surface area contributed by atoms with Crippen molar-refractivity contribution in [1.82, 2.24) is 15.5 Å². The molecule has 0 aromatic heterocycles. The van der Waals surface area contributed by atoms with Gasteiger partial charge < -0.3 is 25.6 Å². The molecule has 0 saturated carbocycles. The van der Waals surface area contributed by atoms with E-state index in [1.807, 2.05) is 12.1 Å². The second-order valence-electron chi connectivity index (χ2n) is 9.24. The summed E-state index contributed by atoms with van der Waals surface area (Å²) >= 11 is 12.1. The Morgan fingerprint density at radius 3 is 2.35 bits per heavy atom. The minimum absolute atomic E-state index is 0.133. The minimum atomic E-state index is -0.298. The fraction of sp³-hybridized carbons (Fsp3) is 0.345. The topological polar surface area (TPSA) is 65.6 Å². The second-order valence-corrected chi connectivity index (χ2v) is 10.1. The van der Waals surface area contributed by atoms with Gasteiger partial charge in [0.2, 0.25) is 0 Å². The molecule has 0 aliphatic carbocycles. The average molecular weight is 544 g/mol. The zero-order chi connectivity index (χ0) is 26.6. The summed E-state index contributed by atoms with van der Waals surface area (Å²) in [5.41, 5.74) is 3.97. The van der Waals surface area contributed by atoms with Crippen LogP contribution < -0.4 is 20.7 Å². The number of nitrogens with zero attached hydrogens (tertiary/aromatic N) is 1. The maximum atomic E-state index is 12.7. The van der Waals surface area contributed by atoms with Gasteiger partial charge in [-0.25, -0.2) is 4.79 Å². The molecule has 3 aromatic rings. The van der Waals surface area contributed by atoms with Crippen molar-refractivity contribution in [2.75, 3.05) is 52.7 Å². The van der Waals surface area contributed by atoms with E-state index in [0.717, 1.165) is 49.4 Å². The highest BCUT2D eigenvalue weighted by Gasteiger charge is 2.15. The molecule has 0 heterocycles. The molecule has 3 aromatic carbocycles. The molecule has 1 atom stereocenters. The molecule has 1 unspecified atom stereocenters. The van der Waals surface area contributed by atoms with Crippen LogP contribution in [0.15, 0.2) is 66.7 Å². The number of amides is 2. The number of benzene rings is 3. The third-order valence-corrected chi connectivity index (χ3v) is 6.48. The van der Waals surface area contributed by atoms with Crippen LogP contribution in [0, 0.1) is 0 Å². The number of halogens is 2. The first-order valence-electron chi connectivity index (χ1n) is 12.4. The van der Waals surface area contributed by atoms with Crippen LogP contribution in [0.25, 0.3) is 11.1 Å². The van der Waals surface area contributed by atoms with Gasteiger partial charge in [0.15, 0.2) is 0 Å². The summed E-state index contributed by atoms with van der Waals surface area (Å²) in [7, 11) is 5.83. The van der Waals surface area contributed by atoms with Gasteiger partial charge in [0.05, 0.1) is 7.11 Å². The predicted molar refractivity (Wildman–Crippen MR) is 155 cm³/mol. The van der Waals surface area contributed by atoms with Gasteiger partial charge in [-0.3, -0.25) is 0 Å². The summed E-state index contributed by atoms with van der Waals surface area (Å²) in [4.78, 5) is 14.8. The van der Waals surface area contributed by atoms with Crippen LogP contribution in [0.2, 0.25) is 10.0 Å². The van der Waals surface area contributed by atoms with Crippen LogP contribution in [-0.2, 0) is 0 Å². The highest BCUT2D eigenvalue weighted by molar-refractivity contribution is 6.35. The first-order valence-corrected chi connectivity index (χ1v) is 13.2. The molecular weight excluding hydrogens is 507 g/mol. The van der Waals surface area contributed by atoms with E-state index in [0.29, 0.717) is 22.3 Å². The fourth-order valence-corrected chi connectivity index (χ4v) is 4.61. The van der Waals surface area contributed by atoms with Crippen molar-refractivity contribution in [2.45, 2.75) is 18.8 Å². The molecule has 0 spiro atoms. The Kier molecular flexibility index (Phi) is 11.5. The largest absolute Gasteiger partial charge is 0.497 e.